The summed E-state index contributed by atoms with van der Waals surface area (Å²) in [6.07, 6.45) is 1.15. The monoisotopic (exact) mass is 393 g/mol. The molecule has 1 atom stereocenters. The maximum absolute atomic E-state index is 12.4. The van der Waals surface area contributed by atoms with Crippen LogP contribution in [-0.2, 0) is 9.59 Å². The quantitative estimate of drug-likeness (QED) is 0.752. The molecule has 1 aliphatic rings. The smallest absolute Gasteiger partial charge is 0.225 e. The third kappa shape index (κ3) is 6.22. The summed E-state index contributed by atoms with van der Waals surface area (Å²) in [6.45, 7) is 11.5. The van der Waals surface area contributed by atoms with E-state index >= 15 is 0 Å². The van der Waals surface area contributed by atoms with Crippen LogP contribution in [0, 0.1) is 5.41 Å². The van der Waals surface area contributed by atoms with Crippen LogP contribution in [0.4, 0.5) is 0 Å². The molecule has 0 spiro atoms. The molecule has 0 aliphatic carbocycles. The maximum atomic E-state index is 12.4. The van der Waals surface area contributed by atoms with Gasteiger partial charge in [0.15, 0.2) is 0 Å². The standard InChI is InChI=1S/C21H32ClN3O2/c1-16(17-8-5-6-9-18(17)22)24-12-14-25(15-13-24)19(26)10-7-11-23-20(27)21(2,3)4/h5-6,8-9,16H,7,10-15H2,1-4H3,(H,23,27). The number of halogens is 1. The second kappa shape index (κ2) is 9.56. The zero-order valence-corrected chi connectivity index (χ0v) is 17.7. The summed E-state index contributed by atoms with van der Waals surface area (Å²) in [5, 5.41) is 3.69. The van der Waals surface area contributed by atoms with Crippen LogP contribution in [0.2, 0.25) is 5.02 Å². The molecule has 1 heterocycles. The Labute approximate surface area is 168 Å². The van der Waals surface area contributed by atoms with Crippen LogP contribution in [0.5, 0.6) is 0 Å². The van der Waals surface area contributed by atoms with E-state index in [2.05, 4.69) is 23.2 Å². The average molecular weight is 394 g/mol. The molecule has 1 aromatic rings. The van der Waals surface area contributed by atoms with Gasteiger partial charge >= 0.3 is 0 Å². The minimum absolute atomic E-state index is 0.0251. The lowest BCUT2D eigenvalue weighted by molar-refractivity contribution is -0.134. The van der Waals surface area contributed by atoms with Crippen molar-refractivity contribution in [1.29, 1.82) is 0 Å². The van der Waals surface area contributed by atoms with Gasteiger partial charge in [-0.15, -0.1) is 0 Å². The number of benzene rings is 1. The molecular formula is C21H32ClN3O2. The first-order valence-corrected chi connectivity index (χ1v) is 10.1. The Morgan fingerprint density at radius 3 is 2.37 bits per heavy atom. The number of nitrogens with zero attached hydrogens (tertiary/aromatic N) is 2. The lowest BCUT2D eigenvalue weighted by atomic mass is 9.96. The molecule has 0 saturated carbocycles. The van der Waals surface area contributed by atoms with Crippen LogP contribution < -0.4 is 5.32 Å². The Hall–Kier alpha value is -1.59. The van der Waals surface area contributed by atoms with Gasteiger partial charge in [0.1, 0.15) is 0 Å². The van der Waals surface area contributed by atoms with Gasteiger partial charge in [-0.2, -0.15) is 0 Å². The van der Waals surface area contributed by atoms with Crippen LogP contribution >= 0.6 is 11.6 Å². The van der Waals surface area contributed by atoms with E-state index < -0.39 is 5.41 Å². The van der Waals surface area contributed by atoms with Crippen molar-refractivity contribution in [1.82, 2.24) is 15.1 Å². The lowest BCUT2D eigenvalue weighted by Gasteiger charge is -2.38. The van der Waals surface area contributed by atoms with Crippen LogP contribution in [0.3, 0.4) is 0 Å². The molecule has 1 unspecified atom stereocenters. The minimum Gasteiger partial charge on any atom is -0.356 e. The van der Waals surface area contributed by atoms with Gasteiger partial charge in [0, 0.05) is 55.6 Å². The van der Waals surface area contributed by atoms with Crippen LogP contribution in [0.25, 0.3) is 0 Å². The molecule has 6 heteroatoms. The van der Waals surface area contributed by atoms with Crippen molar-refractivity contribution in [2.75, 3.05) is 32.7 Å². The number of nitrogens with one attached hydrogen (secondary N) is 1. The molecule has 5 nitrogen and oxygen atoms in total. The van der Waals surface area contributed by atoms with E-state index in [0.717, 1.165) is 36.8 Å². The van der Waals surface area contributed by atoms with Crippen LogP contribution in [0.1, 0.15) is 52.1 Å². The Bertz CT molecular complexity index is 649. The number of amides is 2. The maximum Gasteiger partial charge on any atom is 0.225 e. The fourth-order valence-electron chi connectivity index (χ4n) is 3.23. The zero-order valence-electron chi connectivity index (χ0n) is 16.9. The van der Waals surface area contributed by atoms with E-state index in [4.69, 9.17) is 11.6 Å². The van der Waals surface area contributed by atoms with E-state index in [-0.39, 0.29) is 17.9 Å². The molecule has 0 bridgehead atoms. The highest BCUT2D eigenvalue weighted by molar-refractivity contribution is 6.31. The molecule has 0 radical (unpaired) electrons. The number of rotatable bonds is 6. The van der Waals surface area contributed by atoms with Crippen molar-refractivity contribution >= 4 is 23.4 Å². The molecule has 1 aliphatic heterocycles. The summed E-state index contributed by atoms with van der Waals surface area (Å²) < 4.78 is 0. The number of carbonyl (C=O) groups excluding carboxylic acids is 2. The molecule has 150 valence electrons. The van der Waals surface area contributed by atoms with Gasteiger partial charge in [0.25, 0.3) is 0 Å². The summed E-state index contributed by atoms with van der Waals surface area (Å²) in [4.78, 5) is 28.5. The lowest BCUT2D eigenvalue weighted by Crippen LogP contribution is -2.49. The molecule has 0 aromatic heterocycles. The predicted molar refractivity (Wildman–Crippen MR) is 110 cm³/mol. The molecule has 1 fully saturated rings. The van der Waals surface area contributed by atoms with Gasteiger partial charge < -0.3 is 10.2 Å². The predicted octanol–water partition coefficient (Wildman–Crippen LogP) is 3.49. The molecule has 1 aromatic carbocycles. The fraction of sp³-hybridized carbons (Fsp3) is 0.619. The molecule has 27 heavy (non-hydrogen) atoms. The van der Waals surface area contributed by atoms with Crippen molar-refractivity contribution in [3.63, 3.8) is 0 Å². The number of piperazine rings is 1. The van der Waals surface area contributed by atoms with E-state index in [1.165, 1.54) is 0 Å². The Morgan fingerprint density at radius 2 is 1.78 bits per heavy atom. The van der Waals surface area contributed by atoms with E-state index in [9.17, 15) is 9.59 Å². The zero-order chi connectivity index (χ0) is 20.0. The Morgan fingerprint density at radius 1 is 1.15 bits per heavy atom. The molecular weight excluding hydrogens is 362 g/mol. The first kappa shape index (κ1) is 21.7. The van der Waals surface area contributed by atoms with E-state index in [0.29, 0.717) is 19.4 Å². The Balaban J connectivity index is 1.73. The Kier molecular flexibility index (Phi) is 7.68. The van der Waals surface area contributed by atoms with E-state index in [1.807, 2.05) is 43.9 Å². The largest absolute Gasteiger partial charge is 0.356 e. The van der Waals surface area contributed by atoms with E-state index in [1.54, 1.807) is 0 Å². The van der Waals surface area contributed by atoms with Crippen molar-refractivity contribution in [2.45, 2.75) is 46.6 Å². The SMILES string of the molecule is CC(c1ccccc1Cl)N1CCN(C(=O)CCCNC(=O)C(C)(C)C)CC1. The number of hydrogen-bond donors (Lipinski definition) is 1. The molecule has 2 rings (SSSR count). The van der Waals surface area contributed by atoms with Crippen molar-refractivity contribution < 1.29 is 9.59 Å². The van der Waals surface area contributed by atoms with Crippen molar-refractivity contribution in [3.05, 3.63) is 34.9 Å². The molecule has 1 N–H and O–H groups in total. The minimum atomic E-state index is -0.390. The first-order valence-electron chi connectivity index (χ1n) is 9.74. The fourth-order valence-corrected chi connectivity index (χ4v) is 3.53. The van der Waals surface area contributed by atoms with Gasteiger partial charge in [-0.3, -0.25) is 14.5 Å². The highest BCUT2D eigenvalue weighted by atomic mass is 35.5. The highest BCUT2D eigenvalue weighted by Gasteiger charge is 2.25. The summed E-state index contributed by atoms with van der Waals surface area (Å²) in [6, 6.07) is 8.18. The van der Waals surface area contributed by atoms with Crippen molar-refractivity contribution in [3.8, 4) is 0 Å². The summed E-state index contributed by atoms with van der Waals surface area (Å²) in [5.41, 5.74) is 0.743. The van der Waals surface area contributed by atoms with Crippen LogP contribution in [-0.4, -0.2) is 54.3 Å². The van der Waals surface area contributed by atoms with Gasteiger partial charge in [-0.05, 0) is 25.0 Å². The number of hydrogen-bond acceptors (Lipinski definition) is 3. The second-order valence-corrected chi connectivity index (χ2v) is 8.63. The molecule has 2 amide bonds. The third-order valence-corrected chi connectivity index (χ3v) is 5.45. The van der Waals surface area contributed by atoms with Gasteiger partial charge in [-0.25, -0.2) is 0 Å². The van der Waals surface area contributed by atoms with Gasteiger partial charge in [0.05, 0.1) is 0 Å². The normalized spacial score (nSPS) is 16.9. The van der Waals surface area contributed by atoms with Gasteiger partial charge in [0.2, 0.25) is 11.8 Å². The van der Waals surface area contributed by atoms with Crippen LogP contribution in [0.15, 0.2) is 24.3 Å². The third-order valence-electron chi connectivity index (χ3n) is 5.10. The van der Waals surface area contributed by atoms with Gasteiger partial charge in [-0.1, -0.05) is 50.6 Å². The molecule has 1 saturated heterocycles. The average Bonchev–Trinajstić information content (AvgIpc) is 2.64. The second-order valence-electron chi connectivity index (χ2n) is 8.22. The first-order chi connectivity index (χ1) is 12.7. The topological polar surface area (TPSA) is 52.6 Å². The summed E-state index contributed by atoms with van der Waals surface area (Å²) in [7, 11) is 0. The van der Waals surface area contributed by atoms with Crippen molar-refractivity contribution in [2.24, 2.45) is 5.41 Å². The number of carbonyl (C=O) groups is 2. The summed E-state index contributed by atoms with van der Waals surface area (Å²) >= 11 is 6.32. The summed E-state index contributed by atoms with van der Waals surface area (Å²) in [5.74, 6) is 0.196. The highest BCUT2D eigenvalue weighted by Crippen LogP contribution is 2.27.